The van der Waals surface area contributed by atoms with Crippen LogP contribution in [0.25, 0.3) is 0 Å². The summed E-state index contributed by atoms with van der Waals surface area (Å²) >= 11 is 0. The van der Waals surface area contributed by atoms with Crippen molar-refractivity contribution in [1.29, 1.82) is 0 Å². The quantitative estimate of drug-likeness (QED) is 0.0463. The first-order valence-corrected chi connectivity index (χ1v) is 30.8. The van der Waals surface area contributed by atoms with Gasteiger partial charge in [0.15, 0.2) is 11.5 Å². The van der Waals surface area contributed by atoms with Gasteiger partial charge in [-0.3, -0.25) is 0 Å². The molecular weight excluding hydrogens is 857 g/mol. The minimum Gasteiger partial charge on any atom is -0.490 e. The maximum Gasteiger partial charge on any atom is 0.332 e. The predicted molar refractivity (Wildman–Crippen MR) is 295 cm³/mol. The topological polar surface area (TPSA) is 94.5 Å². The van der Waals surface area contributed by atoms with Gasteiger partial charge in [-0.1, -0.05) is 291 Å². The van der Waals surface area contributed by atoms with Crippen LogP contribution in [0.1, 0.15) is 324 Å². The molecule has 1 aliphatic rings. The number of carboxylic acids is 1. The summed E-state index contributed by atoms with van der Waals surface area (Å²) in [7, 11) is 0. The molecule has 3 atom stereocenters. The minimum atomic E-state index is -1.59. The fraction of sp³-hybridized carbons (Fsp3) is 0.919. The van der Waals surface area contributed by atoms with Crippen LogP contribution in [-0.4, -0.2) is 54.5 Å². The summed E-state index contributed by atoms with van der Waals surface area (Å²) < 4.78 is 27.2. The number of aliphatic hydroxyl groups excluding tert-OH is 1. The fourth-order valence-corrected chi connectivity index (χ4v) is 10.2. The Balaban J connectivity index is 3.01. The Hall–Kier alpha value is -1.57. The van der Waals surface area contributed by atoms with Crippen molar-refractivity contribution in [3.63, 3.8) is 0 Å². The lowest BCUT2D eigenvalue weighted by Crippen LogP contribution is -2.55. The molecule has 7 nitrogen and oxygen atoms in total. The zero-order valence-electron chi connectivity index (χ0n) is 46.8. The summed E-state index contributed by atoms with van der Waals surface area (Å²) in [6, 6.07) is 0. The van der Waals surface area contributed by atoms with Crippen molar-refractivity contribution < 1.29 is 34.0 Å². The van der Waals surface area contributed by atoms with Gasteiger partial charge in [0.2, 0.25) is 5.79 Å². The van der Waals surface area contributed by atoms with Crippen molar-refractivity contribution in [2.24, 2.45) is 5.92 Å². The Labute approximate surface area is 429 Å². The number of aliphatic hydroxyl groups is 1. The zero-order chi connectivity index (χ0) is 50.1. The van der Waals surface area contributed by atoms with Crippen LogP contribution in [0.3, 0.4) is 0 Å². The van der Waals surface area contributed by atoms with Gasteiger partial charge in [-0.15, -0.1) is 0 Å². The smallest absolute Gasteiger partial charge is 0.332 e. The number of hydrogen-bond donors (Lipinski definition) is 2. The van der Waals surface area contributed by atoms with Gasteiger partial charge in [0.25, 0.3) is 0 Å². The average molecular weight is 976 g/mol. The molecular formula is C62H118O7. The van der Waals surface area contributed by atoms with E-state index in [-0.39, 0.29) is 5.57 Å². The van der Waals surface area contributed by atoms with E-state index in [2.05, 4.69) is 27.7 Å². The summed E-state index contributed by atoms with van der Waals surface area (Å²) in [5.74, 6) is -2.82. The van der Waals surface area contributed by atoms with E-state index in [0.717, 1.165) is 57.8 Å². The van der Waals surface area contributed by atoms with Crippen molar-refractivity contribution in [1.82, 2.24) is 0 Å². The van der Waals surface area contributed by atoms with Crippen molar-refractivity contribution in [3.8, 4) is 0 Å². The maximum absolute atomic E-state index is 13.2. The molecule has 0 aliphatic heterocycles. The summed E-state index contributed by atoms with van der Waals surface area (Å²) in [5, 5.41) is 22.5. The number of carbonyl (C=O) groups is 1. The third-order valence-corrected chi connectivity index (χ3v) is 14.7. The monoisotopic (exact) mass is 975 g/mol. The molecule has 0 saturated carbocycles. The number of carboxylic acid groups (broad SMARTS) is 1. The zero-order valence-corrected chi connectivity index (χ0v) is 46.8. The molecule has 0 spiro atoms. The second-order valence-electron chi connectivity index (χ2n) is 21.3. The molecule has 0 aromatic carbocycles. The van der Waals surface area contributed by atoms with Gasteiger partial charge < -0.3 is 29.2 Å². The second kappa shape index (κ2) is 48.7. The van der Waals surface area contributed by atoms with Gasteiger partial charge in [0.05, 0.1) is 44.0 Å². The first kappa shape index (κ1) is 65.4. The summed E-state index contributed by atoms with van der Waals surface area (Å²) in [6.07, 6.45) is 56.4. The second-order valence-corrected chi connectivity index (χ2v) is 21.3. The van der Waals surface area contributed by atoms with Crippen LogP contribution in [0.4, 0.5) is 0 Å². The van der Waals surface area contributed by atoms with Gasteiger partial charge in [-0.05, 0) is 38.2 Å². The molecule has 0 heterocycles. The first-order valence-electron chi connectivity index (χ1n) is 30.8. The molecule has 3 unspecified atom stereocenters. The number of ether oxygens (including phenoxy) is 4. The van der Waals surface area contributed by atoms with E-state index >= 15 is 0 Å². The van der Waals surface area contributed by atoms with Crippen molar-refractivity contribution in [2.75, 3.05) is 26.4 Å². The molecule has 0 aromatic rings. The summed E-state index contributed by atoms with van der Waals surface area (Å²) in [4.78, 5) is 13.2. The fourth-order valence-electron chi connectivity index (χ4n) is 10.2. The molecule has 1 rings (SSSR count). The van der Waals surface area contributed by atoms with E-state index in [4.69, 9.17) is 18.9 Å². The highest BCUT2D eigenvalue weighted by atomic mass is 16.7. The molecule has 1 aliphatic carbocycles. The van der Waals surface area contributed by atoms with E-state index in [1.807, 2.05) is 6.92 Å². The molecule has 69 heavy (non-hydrogen) atoms. The highest BCUT2D eigenvalue weighted by Crippen LogP contribution is 2.46. The highest BCUT2D eigenvalue weighted by Gasteiger charge is 2.56. The van der Waals surface area contributed by atoms with Gasteiger partial charge in [-0.2, -0.15) is 0 Å². The highest BCUT2D eigenvalue weighted by molar-refractivity contribution is 5.89. The molecule has 7 heteroatoms. The number of allylic oxidation sites excluding steroid dienone is 1. The standard InChI is InChI=1S/C62H118O7/c1-6-11-15-18-21-24-27-30-33-36-39-42-45-48-51-66-58-55-56(61(64)65)59(57(63)10-5)62(68-53-14-9-4,69-54-50-47-44-41-38-35-32-29-26-23-20-17-13-8-3)60(58)67-52-49-46-43-40-37-34-31-28-25-22-19-16-12-7-2/h55,57,59,63H,6-54H2,1-5H3,(H,64,65). The number of hydrogen-bond acceptors (Lipinski definition) is 6. The molecule has 0 aromatic heterocycles. The van der Waals surface area contributed by atoms with E-state index in [0.29, 0.717) is 44.4 Å². The Morgan fingerprint density at radius 2 is 0.696 bits per heavy atom. The summed E-state index contributed by atoms with van der Waals surface area (Å²) in [5.41, 5.74) is 0.0709. The average Bonchev–Trinajstić information content (AvgIpc) is 3.35. The Morgan fingerprint density at radius 1 is 0.420 bits per heavy atom. The van der Waals surface area contributed by atoms with Crippen molar-refractivity contribution >= 4 is 5.97 Å². The Morgan fingerprint density at radius 3 is 1.00 bits per heavy atom. The number of rotatable bonds is 55. The van der Waals surface area contributed by atoms with Gasteiger partial charge >= 0.3 is 5.97 Å². The van der Waals surface area contributed by atoms with Crippen LogP contribution in [0.15, 0.2) is 23.2 Å². The van der Waals surface area contributed by atoms with Gasteiger partial charge in [0, 0.05) is 0 Å². The third kappa shape index (κ3) is 33.7. The molecule has 0 radical (unpaired) electrons. The maximum atomic E-state index is 13.2. The predicted octanol–water partition coefficient (Wildman–Crippen LogP) is 19.6. The van der Waals surface area contributed by atoms with Crippen LogP contribution < -0.4 is 0 Å². The molecule has 0 amide bonds. The van der Waals surface area contributed by atoms with Crippen LogP contribution in [0.5, 0.6) is 0 Å². The molecule has 0 fully saturated rings. The number of unbranched alkanes of at least 4 members (excludes halogenated alkanes) is 40. The molecule has 408 valence electrons. The lowest BCUT2D eigenvalue weighted by molar-refractivity contribution is -0.272. The SMILES string of the molecule is CCCCCCCCCCCCCCCCOC1=C(OCCCCCCCCCCCCCCCC)C(OCCCC)(OCCCCCCCCCCCCCCCC)C(C(O)CC)C(C(=O)O)=C1. The number of aliphatic carboxylic acids is 1. The normalized spacial score (nSPS) is 16.6. The van der Waals surface area contributed by atoms with Crippen molar-refractivity contribution in [2.45, 2.75) is 335 Å². The Kier molecular flexibility index (Phi) is 46.2. The van der Waals surface area contributed by atoms with E-state index in [1.54, 1.807) is 6.08 Å². The van der Waals surface area contributed by atoms with Crippen LogP contribution in [-0.2, 0) is 23.7 Å². The largest absolute Gasteiger partial charge is 0.490 e. The van der Waals surface area contributed by atoms with Crippen LogP contribution in [0.2, 0.25) is 0 Å². The first-order chi connectivity index (χ1) is 33.9. The lowest BCUT2D eigenvalue weighted by Gasteiger charge is -2.45. The lowest BCUT2D eigenvalue weighted by atomic mass is 9.78. The molecule has 2 N–H and O–H groups in total. The molecule has 0 saturated heterocycles. The van der Waals surface area contributed by atoms with Crippen LogP contribution >= 0.6 is 0 Å². The van der Waals surface area contributed by atoms with Gasteiger partial charge in [0.1, 0.15) is 0 Å². The van der Waals surface area contributed by atoms with Crippen molar-refractivity contribution in [3.05, 3.63) is 23.2 Å². The third-order valence-electron chi connectivity index (χ3n) is 14.7. The van der Waals surface area contributed by atoms with Crippen LogP contribution in [0, 0.1) is 5.92 Å². The van der Waals surface area contributed by atoms with E-state index < -0.39 is 23.8 Å². The molecule has 0 bridgehead atoms. The Bertz CT molecular complexity index is 1180. The van der Waals surface area contributed by atoms with Gasteiger partial charge in [-0.25, -0.2) is 4.79 Å². The minimum absolute atomic E-state index is 0.0709. The van der Waals surface area contributed by atoms with E-state index in [1.165, 1.54) is 225 Å². The summed E-state index contributed by atoms with van der Waals surface area (Å²) in [6.45, 7) is 12.6. The van der Waals surface area contributed by atoms with E-state index in [9.17, 15) is 15.0 Å².